The van der Waals surface area contributed by atoms with E-state index < -0.39 is 0 Å². The zero-order chi connectivity index (χ0) is 7.28. The molecule has 3 nitrogen and oxygen atoms in total. The summed E-state index contributed by atoms with van der Waals surface area (Å²) in [5.74, 6) is 0.0880. The fourth-order valence-electron chi connectivity index (χ4n) is 0.360. The van der Waals surface area contributed by atoms with Crippen molar-refractivity contribution < 1.29 is 14.3 Å². The van der Waals surface area contributed by atoms with Crippen LogP contribution < -0.4 is 0 Å². The molecule has 0 rings (SSSR count). The first-order valence-corrected chi connectivity index (χ1v) is 2.41. The molecule has 0 N–H and O–H groups in total. The monoisotopic (exact) mass is 128 g/mol. The number of hydrogen-bond acceptors (Lipinski definition) is 3. The molecular weight excluding hydrogens is 120 g/mol. The summed E-state index contributed by atoms with van der Waals surface area (Å²) in [5, 5.41) is 0. The number of allylic oxidation sites excluding steroid dienone is 2. The lowest BCUT2D eigenvalue weighted by Crippen LogP contribution is -1.93. The highest BCUT2D eigenvalue weighted by Crippen LogP contribution is 1.96. The fraction of sp³-hybridized carbons (Fsp3) is 0.333. The summed E-state index contributed by atoms with van der Waals surface area (Å²) in [6.45, 7) is 1.51. The first-order chi connectivity index (χ1) is 4.26. The Balaban J connectivity index is 4.36. The van der Waals surface area contributed by atoms with E-state index in [2.05, 4.69) is 4.74 Å². The van der Waals surface area contributed by atoms with E-state index >= 15 is 0 Å². The highest BCUT2D eigenvalue weighted by Gasteiger charge is 1.96. The zero-order valence-corrected chi connectivity index (χ0v) is 5.38. The van der Waals surface area contributed by atoms with Crippen LogP contribution in [0.5, 0.6) is 0 Å². The first kappa shape index (κ1) is 7.88. The summed E-state index contributed by atoms with van der Waals surface area (Å²) in [6.07, 6.45) is 1.08. The van der Waals surface area contributed by atoms with Gasteiger partial charge in [-0.05, 0) is 6.92 Å². The summed E-state index contributed by atoms with van der Waals surface area (Å²) < 4.78 is 4.53. The second-order valence-electron chi connectivity index (χ2n) is 1.49. The van der Waals surface area contributed by atoms with E-state index in [0.717, 1.165) is 0 Å². The quantitative estimate of drug-likeness (QED) is 0.312. The van der Waals surface area contributed by atoms with Crippen molar-refractivity contribution in [1.29, 1.82) is 0 Å². The van der Waals surface area contributed by atoms with E-state index in [1.165, 1.54) is 14.0 Å². The van der Waals surface area contributed by atoms with Crippen molar-refractivity contribution in [2.45, 2.75) is 6.92 Å². The number of hydrogen-bond donors (Lipinski definition) is 0. The second kappa shape index (κ2) is 3.83. The van der Waals surface area contributed by atoms with Crippen molar-refractivity contribution in [2.24, 2.45) is 0 Å². The van der Waals surface area contributed by atoms with Gasteiger partial charge in [-0.25, -0.2) is 0 Å². The Morgan fingerprint density at radius 2 is 1.89 bits per heavy atom. The van der Waals surface area contributed by atoms with Crippen LogP contribution in [0.25, 0.3) is 0 Å². The normalized spacial score (nSPS) is 11.8. The van der Waals surface area contributed by atoms with Crippen LogP contribution in [0.3, 0.4) is 0 Å². The van der Waals surface area contributed by atoms with Crippen LogP contribution in [0.4, 0.5) is 0 Å². The molecule has 0 spiro atoms. The zero-order valence-electron chi connectivity index (χ0n) is 5.38. The van der Waals surface area contributed by atoms with Gasteiger partial charge in [0, 0.05) is 5.57 Å². The van der Waals surface area contributed by atoms with Gasteiger partial charge in [-0.1, -0.05) is 0 Å². The Labute approximate surface area is 53.3 Å². The average molecular weight is 128 g/mol. The number of ether oxygens (including phenoxy) is 1. The number of aldehydes is 2. The third-order valence-electron chi connectivity index (χ3n) is 0.892. The van der Waals surface area contributed by atoms with Crippen molar-refractivity contribution >= 4 is 12.6 Å². The Morgan fingerprint density at radius 1 is 1.33 bits per heavy atom. The molecule has 0 heterocycles. The van der Waals surface area contributed by atoms with Crippen molar-refractivity contribution in [3.8, 4) is 0 Å². The molecule has 0 aliphatic carbocycles. The SMILES string of the molecule is CO/C(C=O)=C(\C)C=O. The number of carbonyl (C=O) groups is 2. The maximum Gasteiger partial charge on any atom is 0.185 e. The molecule has 3 heteroatoms. The molecule has 0 fully saturated rings. The van der Waals surface area contributed by atoms with Gasteiger partial charge in [0.15, 0.2) is 12.0 Å². The van der Waals surface area contributed by atoms with Crippen LogP contribution in [0.2, 0.25) is 0 Å². The van der Waals surface area contributed by atoms with Crippen LogP contribution in [0.1, 0.15) is 6.92 Å². The molecule has 0 aliphatic rings. The van der Waals surface area contributed by atoms with Crippen LogP contribution >= 0.6 is 0 Å². The van der Waals surface area contributed by atoms with E-state index in [1.807, 2.05) is 0 Å². The van der Waals surface area contributed by atoms with Gasteiger partial charge < -0.3 is 4.74 Å². The maximum atomic E-state index is 9.99. The fourth-order valence-corrected chi connectivity index (χ4v) is 0.360. The van der Waals surface area contributed by atoms with Gasteiger partial charge in [0.2, 0.25) is 0 Å². The Bertz CT molecular complexity index is 146. The molecule has 50 valence electrons. The second-order valence-corrected chi connectivity index (χ2v) is 1.49. The molecule has 0 aromatic carbocycles. The van der Waals surface area contributed by atoms with Crippen molar-refractivity contribution in [3.05, 3.63) is 11.3 Å². The van der Waals surface area contributed by atoms with Crippen molar-refractivity contribution in [2.75, 3.05) is 7.11 Å². The molecule has 0 saturated heterocycles. The highest BCUT2D eigenvalue weighted by molar-refractivity contribution is 5.84. The molecular formula is C6H8O3. The Hall–Kier alpha value is -1.12. The summed E-state index contributed by atoms with van der Waals surface area (Å²) in [7, 11) is 1.34. The minimum absolute atomic E-state index is 0.0880. The van der Waals surface area contributed by atoms with E-state index in [0.29, 0.717) is 18.1 Å². The van der Waals surface area contributed by atoms with Crippen molar-refractivity contribution in [1.82, 2.24) is 0 Å². The molecule has 0 saturated carbocycles. The summed E-state index contributed by atoms with van der Waals surface area (Å²) in [5.41, 5.74) is 0.313. The van der Waals surface area contributed by atoms with Gasteiger partial charge in [-0.3, -0.25) is 9.59 Å². The van der Waals surface area contributed by atoms with Crippen LogP contribution in [-0.2, 0) is 14.3 Å². The highest BCUT2D eigenvalue weighted by atomic mass is 16.5. The minimum atomic E-state index is 0.0880. The smallest absolute Gasteiger partial charge is 0.185 e. The summed E-state index contributed by atoms with van der Waals surface area (Å²) in [6, 6.07) is 0. The van der Waals surface area contributed by atoms with E-state index in [-0.39, 0.29) is 5.76 Å². The molecule has 9 heavy (non-hydrogen) atoms. The molecule has 0 unspecified atom stereocenters. The summed E-state index contributed by atoms with van der Waals surface area (Å²) in [4.78, 5) is 20.0. The average Bonchev–Trinajstić information content (AvgIpc) is 1.90. The predicted octanol–water partition coefficient (Wildman–Crippen LogP) is 0.305. The van der Waals surface area contributed by atoms with Gasteiger partial charge in [0.1, 0.15) is 6.29 Å². The Morgan fingerprint density at radius 3 is 2.00 bits per heavy atom. The Kier molecular flexibility index (Phi) is 3.35. The lowest BCUT2D eigenvalue weighted by molar-refractivity contribution is -0.109. The topological polar surface area (TPSA) is 43.4 Å². The minimum Gasteiger partial charge on any atom is -0.493 e. The third kappa shape index (κ3) is 2.08. The molecule has 0 amide bonds. The molecule has 0 bridgehead atoms. The first-order valence-electron chi connectivity index (χ1n) is 2.41. The molecule has 0 aromatic heterocycles. The van der Waals surface area contributed by atoms with E-state index in [4.69, 9.17) is 0 Å². The van der Waals surface area contributed by atoms with Gasteiger partial charge in [0.25, 0.3) is 0 Å². The van der Waals surface area contributed by atoms with Crippen LogP contribution in [0.15, 0.2) is 11.3 Å². The standard InChI is InChI=1S/C6H8O3/c1-5(3-7)6(4-8)9-2/h3-4H,1-2H3/b6-5+. The van der Waals surface area contributed by atoms with Gasteiger partial charge >= 0.3 is 0 Å². The predicted molar refractivity (Wildman–Crippen MR) is 31.8 cm³/mol. The lowest BCUT2D eigenvalue weighted by atomic mass is 10.3. The van der Waals surface area contributed by atoms with Crippen molar-refractivity contribution in [3.63, 3.8) is 0 Å². The van der Waals surface area contributed by atoms with E-state index in [1.54, 1.807) is 0 Å². The maximum absolute atomic E-state index is 9.99. The molecule has 0 aliphatic heterocycles. The lowest BCUT2D eigenvalue weighted by Gasteiger charge is -1.95. The molecule has 0 atom stereocenters. The number of methoxy groups -OCH3 is 1. The third-order valence-corrected chi connectivity index (χ3v) is 0.892. The van der Waals surface area contributed by atoms with Gasteiger partial charge in [-0.2, -0.15) is 0 Å². The van der Waals surface area contributed by atoms with Gasteiger partial charge in [0.05, 0.1) is 7.11 Å². The summed E-state index contributed by atoms with van der Waals surface area (Å²) >= 11 is 0. The largest absolute Gasteiger partial charge is 0.493 e. The van der Waals surface area contributed by atoms with Crippen LogP contribution in [0, 0.1) is 0 Å². The number of carbonyl (C=O) groups excluding carboxylic acids is 2. The van der Waals surface area contributed by atoms with Gasteiger partial charge in [-0.15, -0.1) is 0 Å². The van der Waals surface area contributed by atoms with E-state index in [9.17, 15) is 9.59 Å². The number of rotatable bonds is 3. The molecule has 0 radical (unpaired) electrons. The molecule has 0 aromatic rings. The van der Waals surface area contributed by atoms with Crippen LogP contribution in [-0.4, -0.2) is 19.7 Å².